The lowest BCUT2D eigenvalue weighted by Gasteiger charge is -2.17. The number of carbonyl (C=O) groups is 2. The molecular weight excluding hydrogens is 286 g/mol. The van der Waals surface area contributed by atoms with Crippen molar-refractivity contribution in [3.63, 3.8) is 0 Å². The third-order valence-corrected chi connectivity index (χ3v) is 4.12. The molecule has 2 aromatic rings. The van der Waals surface area contributed by atoms with E-state index < -0.39 is 0 Å². The Morgan fingerprint density at radius 2 is 2.19 bits per heavy atom. The molecule has 1 aliphatic heterocycles. The molecule has 6 heteroatoms. The topological polar surface area (TPSA) is 71.1 Å². The predicted molar refractivity (Wildman–Crippen MR) is 82.7 cm³/mol. The van der Waals surface area contributed by atoms with E-state index in [0.717, 1.165) is 16.3 Å². The first kappa shape index (κ1) is 13.6. The van der Waals surface area contributed by atoms with E-state index in [-0.39, 0.29) is 11.8 Å². The van der Waals surface area contributed by atoms with E-state index >= 15 is 0 Å². The molecule has 0 fully saturated rings. The Balaban J connectivity index is 1.79. The lowest BCUT2D eigenvalue weighted by Crippen LogP contribution is -2.19. The van der Waals surface area contributed by atoms with E-state index in [1.54, 1.807) is 24.4 Å². The summed E-state index contributed by atoms with van der Waals surface area (Å²) in [4.78, 5) is 28.6. The van der Waals surface area contributed by atoms with E-state index in [9.17, 15) is 9.59 Å². The molecule has 2 amide bonds. The number of aromatic nitrogens is 1. The maximum atomic E-state index is 12.1. The summed E-state index contributed by atoms with van der Waals surface area (Å²) in [5.41, 5.74) is 2.73. The molecule has 0 saturated heterocycles. The number of anilines is 2. The minimum absolute atomic E-state index is 0.0290. The van der Waals surface area contributed by atoms with Gasteiger partial charge in [-0.15, -0.1) is 11.8 Å². The Morgan fingerprint density at radius 3 is 2.95 bits per heavy atom. The van der Waals surface area contributed by atoms with Crippen molar-refractivity contribution in [2.75, 3.05) is 16.4 Å². The lowest BCUT2D eigenvalue weighted by atomic mass is 10.2. The van der Waals surface area contributed by atoms with Gasteiger partial charge in [0.05, 0.1) is 17.0 Å². The molecule has 21 heavy (non-hydrogen) atoms. The molecule has 1 aliphatic rings. The number of carbonyl (C=O) groups excluding carboxylic acids is 2. The van der Waals surface area contributed by atoms with Gasteiger partial charge in [-0.3, -0.25) is 14.6 Å². The quantitative estimate of drug-likeness (QED) is 0.894. The Kier molecular flexibility index (Phi) is 3.62. The molecule has 2 N–H and O–H groups in total. The third-order valence-electron chi connectivity index (χ3n) is 3.04. The van der Waals surface area contributed by atoms with Crippen LogP contribution in [0.5, 0.6) is 0 Å². The predicted octanol–water partition coefficient (Wildman–Crippen LogP) is 2.69. The van der Waals surface area contributed by atoms with Gasteiger partial charge in [-0.2, -0.15) is 0 Å². The van der Waals surface area contributed by atoms with Crippen LogP contribution in [0.25, 0.3) is 0 Å². The molecule has 0 spiro atoms. The van der Waals surface area contributed by atoms with Crippen LogP contribution in [0.3, 0.4) is 0 Å². The summed E-state index contributed by atoms with van der Waals surface area (Å²) in [7, 11) is 0. The SMILES string of the molecule is Cc1ccc(C(=O)Nc2ccc3c(c2)NC(=O)CS3)cn1. The zero-order valence-electron chi connectivity index (χ0n) is 11.3. The van der Waals surface area contributed by atoms with Crippen molar-refractivity contribution in [1.29, 1.82) is 0 Å². The van der Waals surface area contributed by atoms with Crippen molar-refractivity contribution in [3.05, 3.63) is 47.8 Å². The van der Waals surface area contributed by atoms with Crippen molar-refractivity contribution in [1.82, 2.24) is 4.98 Å². The van der Waals surface area contributed by atoms with E-state index in [4.69, 9.17) is 0 Å². The fraction of sp³-hybridized carbons (Fsp3) is 0.133. The Morgan fingerprint density at radius 1 is 1.33 bits per heavy atom. The molecular formula is C15H13N3O2S. The number of rotatable bonds is 2. The van der Waals surface area contributed by atoms with Crippen LogP contribution in [0.15, 0.2) is 41.4 Å². The molecule has 5 nitrogen and oxygen atoms in total. The largest absolute Gasteiger partial charge is 0.324 e. The number of pyridine rings is 1. The molecule has 3 rings (SSSR count). The van der Waals surface area contributed by atoms with Gasteiger partial charge >= 0.3 is 0 Å². The first-order valence-corrected chi connectivity index (χ1v) is 7.41. The number of nitrogens with zero attached hydrogens (tertiary/aromatic N) is 1. The molecule has 106 valence electrons. The van der Waals surface area contributed by atoms with Crippen molar-refractivity contribution >= 4 is 35.0 Å². The highest BCUT2D eigenvalue weighted by molar-refractivity contribution is 8.00. The van der Waals surface area contributed by atoms with Crippen LogP contribution < -0.4 is 10.6 Å². The van der Waals surface area contributed by atoms with Crippen LogP contribution in [0.1, 0.15) is 16.1 Å². The van der Waals surface area contributed by atoms with Crippen LogP contribution in [-0.2, 0) is 4.79 Å². The number of thioether (sulfide) groups is 1. The molecule has 0 atom stereocenters. The normalized spacial score (nSPS) is 13.3. The van der Waals surface area contributed by atoms with Gasteiger partial charge in [-0.1, -0.05) is 0 Å². The highest BCUT2D eigenvalue weighted by atomic mass is 32.2. The van der Waals surface area contributed by atoms with Gasteiger partial charge in [-0.25, -0.2) is 0 Å². The molecule has 0 unspecified atom stereocenters. The lowest BCUT2D eigenvalue weighted by molar-refractivity contribution is -0.113. The number of fused-ring (bicyclic) bond motifs is 1. The Bertz CT molecular complexity index is 713. The first-order valence-electron chi connectivity index (χ1n) is 6.42. The number of aryl methyl sites for hydroxylation is 1. The van der Waals surface area contributed by atoms with Gasteiger partial charge in [-0.05, 0) is 37.3 Å². The van der Waals surface area contributed by atoms with Crippen LogP contribution in [0, 0.1) is 6.92 Å². The smallest absolute Gasteiger partial charge is 0.257 e. The first-order chi connectivity index (χ1) is 10.1. The van der Waals surface area contributed by atoms with Crippen LogP contribution in [0.4, 0.5) is 11.4 Å². The van der Waals surface area contributed by atoms with Gasteiger partial charge in [0.25, 0.3) is 5.91 Å². The number of nitrogens with one attached hydrogen (secondary N) is 2. The van der Waals surface area contributed by atoms with Crippen LogP contribution in [-0.4, -0.2) is 22.6 Å². The minimum atomic E-state index is -0.225. The highest BCUT2D eigenvalue weighted by Crippen LogP contribution is 2.33. The average molecular weight is 299 g/mol. The minimum Gasteiger partial charge on any atom is -0.324 e. The Hall–Kier alpha value is -2.34. The van der Waals surface area contributed by atoms with Gasteiger partial charge in [0, 0.05) is 22.5 Å². The summed E-state index contributed by atoms with van der Waals surface area (Å²) in [6, 6.07) is 9.00. The second-order valence-corrected chi connectivity index (χ2v) is 5.71. The summed E-state index contributed by atoms with van der Waals surface area (Å²) in [6.07, 6.45) is 1.54. The number of hydrogen-bond acceptors (Lipinski definition) is 4. The molecule has 0 aliphatic carbocycles. The maximum Gasteiger partial charge on any atom is 0.257 e. The molecule has 1 aromatic carbocycles. The van der Waals surface area contributed by atoms with E-state index in [1.165, 1.54) is 11.8 Å². The fourth-order valence-electron chi connectivity index (χ4n) is 1.97. The zero-order chi connectivity index (χ0) is 14.8. The summed E-state index contributed by atoms with van der Waals surface area (Å²) < 4.78 is 0. The van der Waals surface area contributed by atoms with Crippen molar-refractivity contribution in [3.8, 4) is 0 Å². The van der Waals surface area contributed by atoms with Crippen molar-refractivity contribution in [2.45, 2.75) is 11.8 Å². The van der Waals surface area contributed by atoms with Gasteiger partial charge in [0.2, 0.25) is 5.91 Å². The molecule has 2 heterocycles. The van der Waals surface area contributed by atoms with Gasteiger partial charge < -0.3 is 10.6 Å². The molecule has 0 radical (unpaired) electrons. The molecule has 0 bridgehead atoms. The number of hydrogen-bond donors (Lipinski definition) is 2. The third kappa shape index (κ3) is 3.05. The van der Waals surface area contributed by atoms with Crippen molar-refractivity contribution in [2.24, 2.45) is 0 Å². The van der Waals surface area contributed by atoms with Crippen LogP contribution >= 0.6 is 11.8 Å². The highest BCUT2D eigenvalue weighted by Gasteiger charge is 2.16. The number of benzene rings is 1. The van der Waals surface area contributed by atoms with Crippen molar-refractivity contribution < 1.29 is 9.59 Å². The fourth-order valence-corrected chi connectivity index (χ4v) is 2.75. The number of amides is 2. The summed E-state index contributed by atoms with van der Waals surface area (Å²) >= 11 is 1.49. The monoisotopic (exact) mass is 299 g/mol. The van der Waals surface area contributed by atoms with Gasteiger partial charge in [0.1, 0.15) is 0 Å². The van der Waals surface area contributed by atoms with E-state index in [0.29, 0.717) is 17.0 Å². The molecule has 1 aromatic heterocycles. The second kappa shape index (κ2) is 5.57. The van der Waals surface area contributed by atoms with E-state index in [2.05, 4.69) is 15.6 Å². The maximum absolute atomic E-state index is 12.1. The zero-order valence-corrected chi connectivity index (χ0v) is 12.2. The molecule has 0 saturated carbocycles. The summed E-state index contributed by atoms with van der Waals surface area (Å²) in [5, 5.41) is 5.60. The average Bonchev–Trinajstić information content (AvgIpc) is 2.47. The van der Waals surface area contributed by atoms with E-state index in [1.807, 2.05) is 19.1 Å². The Labute approximate surface area is 126 Å². The standard InChI is InChI=1S/C15H13N3O2S/c1-9-2-3-10(7-16-9)15(20)17-11-4-5-13-12(6-11)18-14(19)8-21-13/h2-7H,8H2,1H3,(H,17,20)(H,18,19). The second-order valence-electron chi connectivity index (χ2n) is 4.69. The summed E-state index contributed by atoms with van der Waals surface area (Å²) in [5.74, 6) is 0.171. The summed E-state index contributed by atoms with van der Waals surface area (Å²) in [6.45, 7) is 1.87. The van der Waals surface area contributed by atoms with Gasteiger partial charge in [0.15, 0.2) is 0 Å². The van der Waals surface area contributed by atoms with Crippen LogP contribution in [0.2, 0.25) is 0 Å².